The van der Waals surface area contributed by atoms with Crippen LogP contribution < -0.4 is 0 Å². The summed E-state index contributed by atoms with van der Waals surface area (Å²) in [5, 5.41) is 0. The second-order valence-electron chi connectivity index (χ2n) is 2.06. The third kappa shape index (κ3) is 76.5. The van der Waals surface area contributed by atoms with Crippen molar-refractivity contribution in [3.05, 3.63) is 6.92 Å². The van der Waals surface area contributed by atoms with Crippen LogP contribution in [0.4, 0.5) is 17.3 Å². The van der Waals surface area contributed by atoms with E-state index >= 15 is 0 Å². The second kappa shape index (κ2) is 7.89. The highest BCUT2D eigenvalue weighted by molar-refractivity contribution is 6.50. The zero-order valence-corrected chi connectivity index (χ0v) is 6.62. The zero-order chi connectivity index (χ0) is 9.33. The molecule has 0 atom stereocenters. The Morgan fingerprint density at radius 3 is 1.55 bits per heavy atom. The van der Waals surface area contributed by atoms with Crippen molar-refractivity contribution in [3.63, 3.8) is 0 Å². The van der Waals surface area contributed by atoms with Crippen LogP contribution in [0.25, 0.3) is 0 Å². The lowest BCUT2D eigenvalue weighted by atomic mass is 10.2. The zero-order valence-electron chi connectivity index (χ0n) is 6.62. The Kier molecular flexibility index (Phi) is 9.59. The molecule has 0 aromatic rings. The largest absolute Gasteiger partial charge is 0.673 e. The third-order valence-corrected chi connectivity index (χ3v) is 0.854. The Hall–Kier alpha value is -0.215. The van der Waals surface area contributed by atoms with Gasteiger partial charge >= 0.3 is 7.25 Å². The number of hydrogen-bond acceptors (Lipinski definition) is 0. The molecule has 0 aliphatic heterocycles. The maximum Gasteiger partial charge on any atom is 0.673 e. The quantitative estimate of drug-likeness (QED) is 0.345. The first-order valence-corrected chi connectivity index (χ1v) is 3.58. The summed E-state index contributed by atoms with van der Waals surface area (Å²) in [5.41, 5.74) is 0. The Balaban J connectivity index is 0. The van der Waals surface area contributed by atoms with Crippen molar-refractivity contribution in [1.29, 1.82) is 0 Å². The molecule has 5 heteroatoms. The number of halogens is 4. The predicted octanol–water partition coefficient (Wildman–Crippen LogP) is 3.70. The summed E-state index contributed by atoms with van der Waals surface area (Å²) in [6.07, 6.45) is 5.07. The minimum absolute atomic E-state index is 1.10. The molecule has 11 heavy (non-hydrogen) atoms. The van der Waals surface area contributed by atoms with Gasteiger partial charge in [-0.3, -0.25) is 0 Å². The van der Waals surface area contributed by atoms with E-state index in [1.54, 1.807) is 0 Å². The smallest absolute Gasteiger partial charge is 0.418 e. The monoisotopic (exact) mass is 172 g/mol. The summed E-state index contributed by atoms with van der Waals surface area (Å²) < 4.78 is 39.0. The molecule has 69 valence electrons. The van der Waals surface area contributed by atoms with Gasteiger partial charge in [0.2, 0.25) is 0 Å². The molecule has 0 N–H and O–H groups in total. The standard InChI is InChI=1S/C6H13.BF4/c1-3-5-6-4-2;2-1(3,4)5/h1,3-6H2,2H3;/q;-1. The number of hydrogen-bond donors (Lipinski definition) is 0. The van der Waals surface area contributed by atoms with E-state index in [-0.39, 0.29) is 0 Å². The van der Waals surface area contributed by atoms with E-state index in [2.05, 4.69) is 13.8 Å². The van der Waals surface area contributed by atoms with E-state index in [0.29, 0.717) is 0 Å². The van der Waals surface area contributed by atoms with Crippen molar-refractivity contribution in [2.75, 3.05) is 0 Å². The molecule has 0 nitrogen and oxygen atoms in total. The molecule has 0 unspecified atom stereocenters. The molecule has 0 spiro atoms. The lowest BCUT2D eigenvalue weighted by Crippen LogP contribution is -2.02. The van der Waals surface area contributed by atoms with E-state index in [0.717, 1.165) is 6.42 Å². The van der Waals surface area contributed by atoms with Gasteiger partial charge in [0.05, 0.1) is 0 Å². The first-order valence-electron chi connectivity index (χ1n) is 3.58. The Morgan fingerprint density at radius 1 is 1.09 bits per heavy atom. The Morgan fingerprint density at radius 2 is 1.45 bits per heavy atom. The summed E-state index contributed by atoms with van der Waals surface area (Å²) in [5.74, 6) is 0. The molecule has 0 saturated heterocycles. The summed E-state index contributed by atoms with van der Waals surface area (Å²) in [4.78, 5) is 0. The van der Waals surface area contributed by atoms with Crippen LogP contribution >= 0.6 is 0 Å². The van der Waals surface area contributed by atoms with Gasteiger partial charge < -0.3 is 17.3 Å². The van der Waals surface area contributed by atoms with Crippen LogP contribution in [-0.2, 0) is 0 Å². The number of rotatable bonds is 3. The normalized spacial score (nSPS) is 10.4. The molecular formula is C6H13BF4-. The summed E-state index contributed by atoms with van der Waals surface area (Å²) >= 11 is 0. The maximum absolute atomic E-state index is 9.75. The van der Waals surface area contributed by atoms with Crippen molar-refractivity contribution < 1.29 is 17.3 Å². The maximum atomic E-state index is 9.75. The molecular weight excluding hydrogens is 159 g/mol. The molecule has 0 bridgehead atoms. The van der Waals surface area contributed by atoms with Crippen molar-refractivity contribution in [3.8, 4) is 0 Å². The SMILES string of the molecule is F[B-](F)(F)F.[CH2]CCCCC. The van der Waals surface area contributed by atoms with Gasteiger partial charge in [-0.25, -0.2) is 0 Å². The van der Waals surface area contributed by atoms with Gasteiger partial charge in [-0.1, -0.05) is 39.5 Å². The molecule has 0 fully saturated rings. The average molecular weight is 172 g/mol. The molecule has 0 aromatic heterocycles. The van der Waals surface area contributed by atoms with Crippen LogP contribution in [0.1, 0.15) is 32.6 Å². The fourth-order valence-corrected chi connectivity index (χ4v) is 0.427. The highest BCUT2D eigenvalue weighted by Crippen LogP contribution is 2.06. The van der Waals surface area contributed by atoms with Crippen LogP contribution in [0.3, 0.4) is 0 Å². The summed E-state index contributed by atoms with van der Waals surface area (Å²) in [6.45, 7) is 5.93. The van der Waals surface area contributed by atoms with Crippen LogP contribution in [0.2, 0.25) is 0 Å². The molecule has 0 saturated carbocycles. The molecule has 0 aromatic carbocycles. The van der Waals surface area contributed by atoms with Crippen molar-refractivity contribution in [2.45, 2.75) is 32.6 Å². The van der Waals surface area contributed by atoms with E-state index in [1.807, 2.05) is 0 Å². The van der Waals surface area contributed by atoms with Crippen LogP contribution in [-0.4, -0.2) is 7.25 Å². The van der Waals surface area contributed by atoms with Crippen molar-refractivity contribution >= 4 is 7.25 Å². The van der Waals surface area contributed by atoms with E-state index in [4.69, 9.17) is 0 Å². The van der Waals surface area contributed by atoms with E-state index < -0.39 is 7.25 Å². The van der Waals surface area contributed by atoms with Gasteiger partial charge in [0, 0.05) is 0 Å². The number of unbranched alkanes of at least 4 members (excludes halogenated alkanes) is 3. The van der Waals surface area contributed by atoms with Gasteiger partial charge in [-0.05, 0) is 0 Å². The van der Waals surface area contributed by atoms with E-state index in [9.17, 15) is 17.3 Å². The van der Waals surface area contributed by atoms with Crippen molar-refractivity contribution in [2.24, 2.45) is 0 Å². The third-order valence-electron chi connectivity index (χ3n) is 0.854. The topological polar surface area (TPSA) is 0 Å². The van der Waals surface area contributed by atoms with Gasteiger partial charge in [0.1, 0.15) is 0 Å². The molecule has 0 heterocycles. The van der Waals surface area contributed by atoms with E-state index in [1.165, 1.54) is 19.3 Å². The van der Waals surface area contributed by atoms with Gasteiger partial charge in [0.25, 0.3) is 0 Å². The minimum atomic E-state index is -6.00. The summed E-state index contributed by atoms with van der Waals surface area (Å²) in [7, 11) is -6.00. The lowest BCUT2D eigenvalue weighted by molar-refractivity contribution is 0.368. The van der Waals surface area contributed by atoms with Gasteiger partial charge in [-0.2, -0.15) is 0 Å². The van der Waals surface area contributed by atoms with Crippen LogP contribution in [0, 0.1) is 6.92 Å². The lowest BCUT2D eigenvalue weighted by Gasteiger charge is -1.94. The van der Waals surface area contributed by atoms with Crippen molar-refractivity contribution in [1.82, 2.24) is 0 Å². The molecule has 0 aliphatic carbocycles. The Labute approximate surface area is 65.1 Å². The average Bonchev–Trinajstić information content (AvgIpc) is 1.79. The fraction of sp³-hybridized carbons (Fsp3) is 0.833. The molecule has 0 rings (SSSR count). The van der Waals surface area contributed by atoms with Gasteiger partial charge in [0.15, 0.2) is 0 Å². The van der Waals surface area contributed by atoms with Crippen LogP contribution in [0.5, 0.6) is 0 Å². The first-order chi connectivity index (χ1) is 4.91. The Bertz CT molecular complexity index is 61.5. The van der Waals surface area contributed by atoms with Crippen LogP contribution in [0.15, 0.2) is 0 Å². The minimum Gasteiger partial charge on any atom is -0.418 e. The molecule has 0 amide bonds. The predicted molar refractivity (Wildman–Crippen MR) is 39.7 cm³/mol. The molecule has 1 radical (unpaired) electrons. The van der Waals surface area contributed by atoms with Gasteiger partial charge in [-0.15, -0.1) is 0 Å². The highest BCUT2D eigenvalue weighted by Gasteiger charge is 2.20. The molecule has 0 aliphatic rings. The first kappa shape index (κ1) is 13.4. The highest BCUT2D eigenvalue weighted by atomic mass is 19.5. The summed E-state index contributed by atoms with van der Waals surface area (Å²) in [6, 6.07) is 0. The fourth-order valence-electron chi connectivity index (χ4n) is 0.427. The second-order valence-corrected chi connectivity index (χ2v) is 2.06.